The molecule has 0 unspecified atom stereocenters. The Hall–Kier alpha value is -3.94. The topological polar surface area (TPSA) is 64.0 Å². The second-order valence-corrected chi connectivity index (χ2v) is 6.58. The lowest BCUT2D eigenvalue weighted by molar-refractivity contribution is -0.117. The summed E-state index contributed by atoms with van der Waals surface area (Å²) in [6.07, 6.45) is 0. The van der Waals surface area contributed by atoms with Crippen molar-refractivity contribution in [2.75, 3.05) is 5.32 Å². The molecule has 0 saturated carbocycles. The second-order valence-electron chi connectivity index (χ2n) is 6.58. The SMILES string of the molecule is O=C(Cn1nc(-c2ccc3ccccc3c2)ccc1=O)Nc1cc(F)c(F)c(F)c1. The van der Waals surface area contributed by atoms with E-state index in [2.05, 4.69) is 10.4 Å². The third-order valence-electron chi connectivity index (χ3n) is 4.47. The Labute approximate surface area is 168 Å². The van der Waals surface area contributed by atoms with Gasteiger partial charge in [-0.3, -0.25) is 9.59 Å². The van der Waals surface area contributed by atoms with Crippen molar-refractivity contribution in [1.29, 1.82) is 0 Å². The van der Waals surface area contributed by atoms with E-state index in [9.17, 15) is 22.8 Å². The van der Waals surface area contributed by atoms with Crippen molar-refractivity contribution in [2.24, 2.45) is 0 Å². The van der Waals surface area contributed by atoms with E-state index >= 15 is 0 Å². The van der Waals surface area contributed by atoms with Crippen LogP contribution in [0.1, 0.15) is 0 Å². The number of fused-ring (bicyclic) bond motifs is 1. The van der Waals surface area contributed by atoms with Gasteiger partial charge in [0.15, 0.2) is 17.5 Å². The Morgan fingerprint density at radius 1 is 0.900 bits per heavy atom. The summed E-state index contributed by atoms with van der Waals surface area (Å²) in [5.74, 6) is -5.24. The van der Waals surface area contributed by atoms with E-state index in [1.165, 1.54) is 6.07 Å². The van der Waals surface area contributed by atoms with Crippen LogP contribution in [0.25, 0.3) is 22.0 Å². The molecule has 0 bridgehead atoms. The summed E-state index contributed by atoms with van der Waals surface area (Å²) >= 11 is 0. The Morgan fingerprint density at radius 2 is 1.60 bits per heavy atom. The molecule has 0 spiro atoms. The highest BCUT2D eigenvalue weighted by atomic mass is 19.2. The molecule has 1 N–H and O–H groups in total. The molecule has 0 saturated heterocycles. The van der Waals surface area contributed by atoms with Crippen LogP contribution in [-0.4, -0.2) is 15.7 Å². The molecule has 8 heteroatoms. The third-order valence-corrected chi connectivity index (χ3v) is 4.47. The smallest absolute Gasteiger partial charge is 0.267 e. The lowest BCUT2D eigenvalue weighted by Crippen LogP contribution is -2.29. The summed E-state index contributed by atoms with van der Waals surface area (Å²) in [6, 6.07) is 17.6. The molecule has 1 amide bonds. The van der Waals surface area contributed by atoms with Crippen LogP contribution in [0.5, 0.6) is 0 Å². The summed E-state index contributed by atoms with van der Waals surface area (Å²) in [4.78, 5) is 24.3. The summed E-state index contributed by atoms with van der Waals surface area (Å²) in [5, 5.41) is 8.48. The molecule has 5 nitrogen and oxygen atoms in total. The molecule has 0 aliphatic carbocycles. The fourth-order valence-electron chi connectivity index (χ4n) is 3.03. The van der Waals surface area contributed by atoms with Gasteiger partial charge in [0.25, 0.3) is 5.56 Å². The molecule has 4 rings (SSSR count). The van der Waals surface area contributed by atoms with Crippen molar-refractivity contribution < 1.29 is 18.0 Å². The van der Waals surface area contributed by atoms with Gasteiger partial charge in [-0.15, -0.1) is 0 Å². The number of hydrogen-bond donors (Lipinski definition) is 1. The van der Waals surface area contributed by atoms with Crippen LogP contribution in [0.2, 0.25) is 0 Å². The molecule has 0 aliphatic rings. The number of amides is 1. The third kappa shape index (κ3) is 3.93. The predicted octanol–water partition coefficient (Wildman–Crippen LogP) is 4.12. The average molecular weight is 409 g/mol. The number of halogens is 3. The van der Waals surface area contributed by atoms with E-state index in [4.69, 9.17) is 0 Å². The van der Waals surface area contributed by atoms with Gasteiger partial charge in [-0.05, 0) is 22.9 Å². The molecular weight excluding hydrogens is 395 g/mol. The summed E-state index contributed by atoms with van der Waals surface area (Å²) < 4.78 is 40.6. The van der Waals surface area contributed by atoms with Crippen LogP contribution in [0.4, 0.5) is 18.9 Å². The maximum atomic E-state index is 13.3. The number of aromatic nitrogens is 2. The normalized spacial score (nSPS) is 10.9. The van der Waals surface area contributed by atoms with Crippen LogP contribution in [0.15, 0.2) is 71.5 Å². The molecule has 1 heterocycles. The zero-order valence-corrected chi connectivity index (χ0v) is 15.4. The minimum Gasteiger partial charge on any atom is -0.324 e. The first-order chi connectivity index (χ1) is 14.4. The van der Waals surface area contributed by atoms with Crippen molar-refractivity contribution in [1.82, 2.24) is 9.78 Å². The number of nitrogens with one attached hydrogen (secondary N) is 1. The number of hydrogen-bond acceptors (Lipinski definition) is 3. The largest absolute Gasteiger partial charge is 0.324 e. The lowest BCUT2D eigenvalue weighted by atomic mass is 10.1. The van der Waals surface area contributed by atoms with Crippen LogP contribution in [-0.2, 0) is 11.3 Å². The van der Waals surface area contributed by atoms with E-state index in [0.29, 0.717) is 17.8 Å². The fraction of sp³-hybridized carbons (Fsp3) is 0.0455. The summed E-state index contributed by atoms with van der Waals surface area (Å²) in [6.45, 7) is -0.485. The Bertz CT molecular complexity index is 1310. The van der Waals surface area contributed by atoms with E-state index in [-0.39, 0.29) is 5.69 Å². The molecule has 150 valence electrons. The van der Waals surface area contributed by atoms with Gasteiger partial charge in [0.1, 0.15) is 6.54 Å². The number of carbonyl (C=O) groups is 1. The highest BCUT2D eigenvalue weighted by molar-refractivity contribution is 5.90. The minimum atomic E-state index is -1.63. The predicted molar refractivity (Wildman–Crippen MR) is 106 cm³/mol. The first kappa shape index (κ1) is 19.4. The van der Waals surface area contributed by atoms with E-state index in [1.54, 1.807) is 6.07 Å². The number of rotatable bonds is 4. The van der Waals surface area contributed by atoms with Gasteiger partial charge in [-0.25, -0.2) is 17.9 Å². The number of carbonyl (C=O) groups excluding carboxylic acids is 1. The average Bonchev–Trinajstić information content (AvgIpc) is 2.73. The van der Waals surface area contributed by atoms with Crippen molar-refractivity contribution in [2.45, 2.75) is 6.54 Å². The first-order valence-electron chi connectivity index (χ1n) is 8.92. The first-order valence-corrected chi connectivity index (χ1v) is 8.92. The van der Waals surface area contributed by atoms with Crippen molar-refractivity contribution in [3.05, 3.63) is 94.5 Å². The van der Waals surface area contributed by atoms with Gasteiger partial charge in [0, 0.05) is 29.4 Å². The van der Waals surface area contributed by atoms with Gasteiger partial charge < -0.3 is 5.32 Å². The molecule has 0 atom stereocenters. The number of anilines is 1. The molecule has 0 aliphatic heterocycles. The molecular formula is C22H14F3N3O2. The molecule has 0 fully saturated rings. The van der Waals surface area contributed by atoms with Gasteiger partial charge in [0.2, 0.25) is 5.91 Å². The zero-order valence-electron chi connectivity index (χ0n) is 15.4. The molecule has 0 radical (unpaired) electrons. The molecule has 3 aromatic carbocycles. The number of nitrogens with zero attached hydrogens (tertiary/aromatic N) is 2. The zero-order chi connectivity index (χ0) is 21.3. The molecule has 1 aromatic heterocycles. The van der Waals surface area contributed by atoms with Gasteiger partial charge in [-0.2, -0.15) is 5.10 Å². The maximum Gasteiger partial charge on any atom is 0.267 e. The van der Waals surface area contributed by atoms with E-state index in [1.807, 2.05) is 42.5 Å². The Balaban J connectivity index is 1.58. The highest BCUT2D eigenvalue weighted by Gasteiger charge is 2.13. The van der Waals surface area contributed by atoms with Gasteiger partial charge >= 0.3 is 0 Å². The lowest BCUT2D eigenvalue weighted by Gasteiger charge is -2.09. The minimum absolute atomic E-state index is 0.268. The van der Waals surface area contributed by atoms with Gasteiger partial charge in [-0.1, -0.05) is 36.4 Å². The van der Waals surface area contributed by atoms with Crippen molar-refractivity contribution >= 4 is 22.4 Å². The van der Waals surface area contributed by atoms with Crippen molar-refractivity contribution in [3.8, 4) is 11.3 Å². The standard InChI is InChI=1S/C22H14F3N3O2/c23-17-10-16(11-18(24)22(17)25)26-20(29)12-28-21(30)8-7-19(27-28)15-6-5-13-3-1-2-4-14(13)9-15/h1-11H,12H2,(H,26,29). The Kier molecular flexibility index (Phi) is 5.05. The van der Waals surface area contributed by atoms with Gasteiger partial charge in [0.05, 0.1) is 5.69 Å². The van der Waals surface area contributed by atoms with Crippen LogP contribution < -0.4 is 10.9 Å². The highest BCUT2D eigenvalue weighted by Crippen LogP contribution is 2.22. The van der Waals surface area contributed by atoms with Crippen LogP contribution >= 0.6 is 0 Å². The monoisotopic (exact) mass is 409 g/mol. The fourth-order valence-corrected chi connectivity index (χ4v) is 3.03. The maximum absolute atomic E-state index is 13.3. The quantitative estimate of drug-likeness (QED) is 0.516. The Morgan fingerprint density at radius 3 is 2.33 bits per heavy atom. The van der Waals surface area contributed by atoms with E-state index < -0.39 is 35.5 Å². The second kappa shape index (κ2) is 7.82. The molecule has 30 heavy (non-hydrogen) atoms. The van der Waals surface area contributed by atoms with Crippen LogP contribution in [0.3, 0.4) is 0 Å². The molecule has 4 aromatic rings. The van der Waals surface area contributed by atoms with E-state index in [0.717, 1.165) is 21.0 Å². The summed E-state index contributed by atoms with van der Waals surface area (Å²) in [7, 11) is 0. The number of benzene rings is 3. The summed E-state index contributed by atoms with van der Waals surface area (Å²) in [5.41, 5.74) is 0.443. The van der Waals surface area contributed by atoms with Crippen LogP contribution in [0, 0.1) is 17.5 Å². The van der Waals surface area contributed by atoms with Crippen molar-refractivity contribution in [3.63, 3.8) is 0 Å².